The van der Waals surface area contributed by atoms with Crippen LogP contribution in [0.4, 0.5) is 5.69 Å². The molecule has 0 spiro atoms. The number of hydrogen-bond acceptors (Lipinski definition) is 3. The number of nitrogens with zero attached hydrogens (tertiary/aromatic N) is 3. The minimum atomic E-state index is 0.375. The highest BCUT2D eigenvalue weighted by Crippen LogP contribution is 2.40. The van der Waals surface area contributed by atoms with Gasteiger partial charge in [-0.05, 0) is 58.3 Å². The van der Waals surface area contributed by atoms with E-state index in [1.54, 1.807) is 0 Å². The average molecular weight is 402 g/mol. The molecule has 1 aliphatic rings. The van der Waals surface area contributed by atoms with Crippen LogP contribution in [0.2, 0.25) is 0 Å². The number of benzene rings is 1. The van der Waals surface area contributed by atoms with E-state index in [2.05, 4.69) is 78.4 Å². The number of anilines is 1. The molecule has 1 saturated heterocycles. The Bertz CT molecular complexity index is 761. The van der Waals surface area contributed by atoms with Crippen LogP contribution in [0.5, 0.6) is 0 Å². The first-order valence-electron chi connectivity index (χ1n) is 8.33. The van der Waals surface area contributed by atoms with Gasteiger partial charge in [-0.15, -0.1) is 11.3 Å². The molecule has 1 unspecified atom stereocenters. The number of thiophene rings is 1. The van der Waals surface area contributed by atoms with Crippen molar-refractivity contribution in [2.75, 3.05) is 18.0 Å². The zero-order chi connectivity index (χ0) is 16.4. The highest BCUT2D eigenvalue weighted by Gasteiger charge is 2.30. The lowest BCUT2D eigenvalue weighted by molar-refractivity contribution is 0.312. The highest BCUT2D eigenvalue weighted by molar-refractivity contribution is 9.10. The summed E-state index contributed by atoms with van der Waals surface area (Å²) >= 11 is 5.57. The second-order valence-electron chi connectivity index (χ2n) is 6.25. The van der Waals surface area contributed by atoms with Crippen LogP contribution in [0, 0.1) is 5.92 Å². The van der Waals surface area contributed by atoms with Crippen molar-refractivity contribution in [2.45, 2.75) is 18.9 Å². The van der Waals surface area contributed by atoms with E-state index in [4.69, 9.17) is 0 Å². The molecule has 3 aromatic rings. The van der Waals surface area contributed by atoms with Crippen molar-refractivity contribution >= 4 is 33.0 Å². The number of halogens is 1. The maximum absolute atomic E-state index is 4.28. The standard InChI is InChI=1S/C19H20BrN3S/c20-17-8-13-24-19(17)18(23-12-9-21-14-23)15-6-10-22(11-7-15)16-4-2-1-3-5-16/h1-5,8-9,12-15,18H,6-7,10-11H2. The van der Waals surface area contributed by atoms with E-state index in [9.17, 15) is 0 Å². The van der Waals surface area contributed by atoms with E-state index >= 15 is 0 Å². The Hall–Kier alpha value is -1.59. The van der Waals surface area contributed by atoms with E-state index in [1.165, 1.54) is 27.9 Å². The second kappa shape index (κ2) is 7.11. The Labute approximate surface area is 155 Å². The summed E-state index contributed by atoms with van der Waals surface area (Å²) in [5.41, 5.74) is 1.34. The van der Waals surface area contributed by atoms with E-state index in [0.29, 0.717) is 12.0 Å². The van der Waals surface area contributed by atoms with Gasteiger partial charge in [0, 0.05) is 40.5 Å². The molecule has 0 radical (unpaired) electrons. The fraction of sp³-hybridized carbons (Fsp3) is 0.316. The van der Waals surface area contributed by atoms with Crippen LogP contribution in [-0.4, -0.2) is 22.6 Å². The van der Waals surface area contributed by atoms with Gasteiger partial charge in [-0.25, -0.2) is 4.98 Å². The van der Waals surface area contributed by atoms with Gasteiger partial charge in [0.05, 0.1) is 12.4 Å². The van der Waals surface area contributed by atoms with Crippen molar-refractivity contribution in [3.05, 3.63) is 69.8 Å². The molecular weight excluding hydrogens is 382 g/mol. The predicted octanol–water partition coefficient (Wildman–Crippen LogP) is 5.21. The largest absolute Gasteiger partial charge is 0.372 e. The van der Waals surface area contributed by atoms with Crippen LogP contribution < -0.4 is 4.90 Å². The van der Waals surface area contributed by atoms with Crippen molar-refractivity contribution in [1.82, 2.24) is 9.55 Å². The van der Waals surface area contributed by atoms with E-state index < -0.39 is 0 Å². The zero-order valence-corrected chi connectivity index (χ0v) is 15.8. The molecule has 0 bridgehead atoms. The predicted molar refractivity (Wildman–Crippen MR) is 104 cm³/mol. The summed E-state index contributed by atoms with van der Waals surface area (Å²) in [7, 11) is 0. The molecule has 1 aliphatic heterocycles. The number of aromatic nitrogens is 2. The topological polar surface area (TPSA) is 21.1 Å². The number of imidazole rings is 1. The van der Waals surface area contributed by atoms with Gasteiger partial charge in [0.25, 0.3) is 0 Å². The summed E-state index contributed by atoms with van der Waals surface area (Å²) < 4.78 is 3.50. The van der Waals surface area contributed by atoms with Gasteiger partial charge >= 0.3 is 0 Å². The summed E-state index contributed by atoms with van der Waals surface area (Å²) in [4.78, 5) is 8.20. The van der Waals surface area contributed by atoms with Crippen LogP contribution in [0.25, 0.3) is 0 Å². The molecule has 1 aromatic carbocycles. The Morgan fingerprint density at radius 1 is 1.12 bits per heavy atom. The Kier molecular flexibility index (Phi) is 4.72. The zero-order valence-electron chi connectivity index (χ0n) is 13.4. The molecule has 0 saturated carbocycles. The first-order chi connectivity index (χ1) is 11.8. The van der Waals surface area contributed by atoms with Gasteiger partial charge in [0.1, 0.15) is 0 Å². The fourth-order valence-corrected chi connectivity index (χ4v) is 5.46. The molecule has 124 valence electrons. The molecule has 0 amide bonds. The van der Waals surface area contributed by atoms with Gasteiger partial charge in [-0.2, -0.15) is 0 Å². The van der Waals surface area contributed by atoms with Crippen LogP contribution in [0.15, 0.2) is 65.0 Å². The maximum atomic E-state index is 4.28. The van der Waals surface area contributed by atoms with Crippen molar-refractivity contribution in [3.63, 3.8) is 0 Å². The summed E-state index contributed by atoms with van der Waals surface area (Å²) in [6.07, 6.45) is 8.33. The van der Waals surface area contributed by atoms with E-state index in [-0.39, 0.29) is 0 Å². The van der Waals surface area contributed by atoms with E-state index in [0.717, 1.165) is 13.1 Å². The number of rotatable bonds is 4. The van der Waals surface area contributed by atoms with Crippen molar-refractivity contribution in [1.29, 1.82) is 0 Å². The maximum Gasteiger partial charge on any atom is 0.0952 e. The van der Waals surface area contributed by atoms with Crippen molar-refractivity contribution in [3.8, 4) is 0 Å². The van der Waals surface area contributed by atoms with Gasteiger partial charge in [0.15, 0.2) is 0 Å². The highest BCUT2D eigenvalue weighted by atomic mass is 79.9. The lowest BCUT2D eigenvalue weighted by Gasteiger charge is -2.37. The van der Waals surface area contributed by atoms with Gasteiger partial charge in [-0.1, -0.05) is 18.2 Å². The summed E-state index contributed by atoms with van der Waals surface area (Å²) in [5, 5.41) is 2.17. The van der Waals surface area contributed by atoms with Crippen LogP contribution in [0.3, 0.4) is 0 Å². The third-order valence-corrected chi connectivity index (χ3v) is 6.81. The Balaban J connectivity index is 1.54. The van der Waals surface area contributed by atoms with Gasteiger partial charge < -0.3 is 9.47 Å². The first-order valence-corrected chi connectivity index (χ1v) is 10.0. The molecule has 2 aromatic heterocycles. The molecule has 1 fully saturated rings. The molecule has 5 heteroatoms. The Morgan fingerprint density at radius 2 is 1.92 bits per heavy atom. The normalized spacial score (nSPS) is 17.1. The molecule has 3 nitrogen and oxygen atoms in total. The summed E-state index contributed by atoms with van der Waals surface area (Å²) in [6.45, 7) is 2.23. The lowest BCUT2D eigenvalue weighted by Crippen LogP contribution is -2.36. The molecule has 4 rings (SSSR count). The second-order valence-corrected chi connectivity index (χ2v) is 8.05. The summed E-state index contributed by atoms with van der Waals surface area (Å²) in [5.74, 6) is 0.633. The lowest BCUT2D eigenvalue weighted by atomic mass is 9.88. The van der Waals surface area contributed by atoms with Crippen molar-refractivity contribution in [2.24, 2.45) is 5.92 Å². The third-order valence-electron chi connectivity index (χ3n) is 4.87. The van der Waals surface area contributed by atoms with Crippen molar-refractivity contribution < 1.29 is 0 Å². The minimum absolute atomic E-state index is 0.375. The number of para-hydroxylation sites is 1. The van der Waals surface area contributed by atoms with E-state index in [1.807, 2.05) is 23.9 Å². The monoisotopic (exact) mass is 401 g/mol. The fourth-order valence-electron chi connectivity index (χ4n) is 3.66. The van der Waals surface area contributed by atoms with Crippen LogP contribution >= 0.6 is 27.3 Å². The number of hydrogen-bond donors (Lipinski definition) is 0. The average Bonchev–Trinajstić information content (AvgIpc) is 3.30. The molecule has 0 N–H and O–H groups in total. The van der Waals surface area contributed by atoms with Crippen LogP contribution in [0.1, 0.15) is 23.8 Å². The van der Waals surface area contributed by atoms with Gasteiger partial charge in [0.2, 0.25) is 0 Å². The summed E-state index contributed by atoms with van der Waals surface area (Å²) in [6, 6.07) is 13.3. The molecule has 1 atom stereocenters. The molecule has 3 heterocycles. The number of piperidine rings is 1. The first kappa shape index (κ1) is 15.9. The molecule has 0 aliphatic carbocycles. The molecule has 24 heavy (non-hydrogen) atoms. The quantitative estimate of drug-likeness (QED) is 0.597. The third kappa shape index (κ3) is 3.15. The van der Waals surface area contributed by atoms with Crippen LogP contribution in [-0.2, 0) is 0 Å². The molecular formula is C19H20BrN3S. The Morgan fingerprint density at radius 3 is 2.54 bits per heavy atom. The minimum Gasteiger partial charge on any atom is -0.372 e. The SMILES string of the molecule is Brc1ccsc1C(C1CCN(c2ccccc2)CC1)n1ccnc1. The smallest absolute Gasteiger partial charge is 0.0952 e. The van der Waals surface area contributed by atoms with Gasteiger partial charge in [-0.3, -0.25) is 0 Å².